The second-order valence-electron chi connectivity index (χ2n) is 3.29. The number of alkyl halides is 3. The van der Waals surface area contributed by atoms with Gasteiger partial charge in [-0.25, -0.2) is 4.39 Å². The number of phenols is 1. The smallest absolute Gasteiger partial charge is 0.422 e. The quantitative estimate of drug-likeness (QED) is 0.776. The van der Waals surface area contributed by atoms with Crippen molar-refractivity contribution in [2.75, 3.05) is 0 Å². The fraction of sp³-hybridized carbons (Fsp3) is 0.0909. The molecule has 2 rings (SSSR count). The molecule has 0 unspecified atom stereocenters. The molecule has 1 N–H and O–H groups in total. The van der Waals surface area contributed by atoms with E-state index in [9.17, 15) is 22.7 Å². The van der Waals surface area contributed by atoms with E-state index in [0.29, 0.717) is 6.07 Å². The Morgan fingerprint density at radius 2 is 1.82 bits per heavy atom. The molecule has 0 fully saturated rings. The number of rotatable bonds is 1. The van der Waals surface area contributed by atoms with Crippen LogP contribution in [0, 0.1) is 5.82 Å². The van der Waals surface area contributed by atoms with E-state index >= 15 is 0 Å². The Morgan fingerprint density at radius 3 is 2.35 bits per heavy atom. The van der Waals surface area contributed by atoms with Gasteiger partial charge in [0.15, 0.2) is 0 Å². The topological polar surface area (TPSA) is 33.4 Å². The minimum absolute atomic E-state index is 0.0352. The lowest BCUT2D eigenvalue weighted by Crippen LogP contribution is -2.08. The van der Waals surface area contributed by atoms with Gasteiger partial charge >= 0.3 is 6.18 Å². The summed E-state index contributed by atoms with van der Waals surface area (Å²) in [4.78, 5) is 0. The minimum atomic E-state index is -4.96. The van der Waals surface area contributed by atoms with E-state index < -0.39 is 23.3 Å². The van der Waals surface area contributed by atoms with E-state index in [2.05, 4.69) is 0 Å². The van der Waals surface area contributed by atoms with E-state index in [1.165, 1.54) is 18.4 Å². The molecule has 0 aliphatic carbocycles. The van der Waals surface area contributed by atoms with Crippen molar-refractivity contribution in [3.8, 4) is 17.1 Å². The van der Waals surface area contributed by atoms with Gasteiger partial charge in [-0.15, -0.1) is 0 Å². The summed E-state index contributed by atoms with van der Waals surface area (Å²) in [6.07, 6.45) is -3.72. The first kappa shape index (κ1) is 11.5. The van der Waals surface area contributed by atoms with Crippen LogP contribution in [0.3, 0.4) is 0 Å². The molecule has 1 aromatic carbocycles. The number of hydrogen-bond donors (Lipinski definition) is 1. The van der Waals surface area contributed by atoms with Crippen LogP contribution in [0.1, 0.15) is 5.56 Å². The lowest BCUT2D eigenvalue weighted by molar-refractivity contribution is -0.141. The summed E-state index contributed by atoms with van der Waals surface area (Å²) >= 11 is 0. The molecule has 0 radical (unpaired) electrons. The van der Waals surface area contributed by atoms with E-state index in [1.807, 2.05) is 0 Å². The predicted molar refractivity (Wildman–Crippen MR) is 50.8 cm³/mol. The summed E-state index contributed by atoms with van der Waals surface area (Å²) in [6.45, 7) is 0. The standard InChI is InChI=1S/C11H6F4O2/c12-7-4-3-6(8-2-1-5-17-8)10(16)9(7)11(13,14)15/h1-5,16H. The molecule has 2 nitrogen and oxygen atoms in total. The zero-order valence-electron chi connectivity index (χ0n) is 8.25. The molecule has 0 aliphatic rings. The van der Waals surface area contributed by atoms with Crippen LogP contribution >= 0.6 is 0 Å². The van der Waals surface area contributed by atoms with Crippen molar-refractivity contribution >= 4 is 0 Å². The van der Waals surface area contributed by atoms with Crippen molar-refractivity contribution in [1.29, 1.82) is 0 Å². The molecular formula is C11H6F4O2. The first-order valence-corrected chi connectivity index (χ1v) is 4.54. The molecule has 0 atom stereocenters. The average molecular weight is 246 g/mol. The number of benzene rings is 1. The number of halogens is 4. The molecule has 0 spiro atoms. The van der Waals surface area contributed by atoms with Crippen molar-refractivity contribution < 1.29 is 27.1 Å². The van der Waals surface area contributed by atoms with Gasteiger partial charge < -0.3 is 9.52 Å². The third-order valence-corrected chi connectivity index (χ3v) is 2.20. The van der Waals surface area contributed by atoms with E-state index in [4.69, 9.17) is 4.42 Å². The highest BCUT2D eigenvalue weighted by atomic mass is 19.4. The Hall–Kier alpha value is -1.98. The molecule has 17 heavy (non-hydrogen) atoms. The molecule has 1 aromatic heterocycles. The van der Waals surface area contributed by atoms with E-state index in [0.717, 1.165) is 6.07 Å². The van der Waals surface area contributed by atoms with Crippen LogP contribution in [0.15, 0.2) is 34.9 Å². The summed E-state index contributed by atoms with van der Waals surface area (Å²) in [5, 5.41) is 9.46. The van der Waals surface area contributed by atoms with Crippen LogP contribution < -0.4 is 0 Å². The molecule has 6 heteroatoms. The fourth-order valence-corrected chi connectivity index (χ4v) is 1.47. The Labute approximate surface area is 93.1 Å². The molecule has 0 aliphatic heterocycles. The van der Waals surface area contributed by atoms with Crippen LogP contribution in [-0.2, 0) is 6.18 Å². The molecule has 0 saturated heterocycles. The lowest BCUT2D eigenvalue weighted by Gasteiger charge is -2.12. The van der Waals surface area contributed by atoms with Crippen LogP contribution in [0.5, 0.6) is 5.75 Å². The average Bonchev–Trinajstić information content (AvgIpc) is 2.68. The van der Waals surface area contributed by atoms with Crippen LogP contribution in [0.4, 0.5) is 17.6 Å². The van der Waals surface area contributed by atoms with Gasteiger partial charge in [0.25, 0.3) is 0 Å². The highest BCUT2D eigenvalue weighted by molar-refractivity contribution is 5.68. The van der Waals surface area contributed by atoms with Gasteiger partial charge in [0.2, 0.25) is 0 Å². The van der Waals surface area contributed by atoms with Gasteiger partial charge in [-0.2, -0.15) is 13.2 Å². The Kier molecular flexibility index (Phi) is 2.57. The van der Waals surface area contributed by atoms with E-state index in [1.54, 1.807) is 0 Å². The third-order valence-electron chi connectivity index (χ3n) is 2.20. The molecule has 0 bridgehead atoms. The van der Waals surface area contributed by atoms with E-state index in [-0.39, 0.29) is 11.3 Å². The Morgan fingerprint density at radius 1 is 1.12 bits per heavy atom. The minimum Gasteiger partial charge on any atom is -0.506 e. The molecule has 0 saturated carbocycles. The van der Waals surface area contributed by atoms with Crippen molar-refractivity contribution in [2.24, 2.45) is 0 Å². The Bertz CT molecular complexity index is 529. The highest BCUT2D eigenvalue weighted by Crippen LogP contribution is 2.42. The normalized spacial score (nSPS) is 11.8. The summed E-state index contributed by atoms with van der Waals surface area (Å²) < 4.78 is 55.4. The van der Waals surface area contributed by atoms with Gasteiger partial charge in [-0.1, -0.05) is 0 Å². The van der Waals surface area contributed by atoms with Gasteiger partial charge in [0.05, 0.1) is 11.8 Å². The maximum Gasteiger partial charge on any atom is 0.422 e. The zero-order valence-corrected chi connectivity index (χ0v) is 8.25. The van der Waals surface area contributed by atoms with Crippen molar-refractivity contribution in [2.45, 2.75) is 6.18 Å². The molecule has 90 valence electrons. The first-order chi connectivity index (χ1) is 7.91. The summed E-state index contributed by atoms with van der Waals surface area (Å²) in [6, 6.07) is 4.48. The summed E-state index contributed by atoms with van der Waals surface area (Å²) in [7, 11) is 0. The molecule has 2 aromatic rings. The zero-order chi connectivity index (χ0) is 12.6. The van der Waals surface area contributed by atoms with Crippen LogP contribution in [0.2, 0.25) is 0 Å². The summed E-state index contributed by atoms with van der Waals surface area (Å²) in [5.41, 5.74) is -1.89. The van der Waals surface area contributed by atoms with Gasteiger partial charge in [-0.05, 0) is 24.3 Å². The predicted octanol–water partition coefficient (Wildman–Crippen LogP) is 3.81. The second-order valence-corrected chi connectivity index (χ2v) is 3.29. The SMILES string of the molecule is Oc1c(-c2ccco2)ccc(F)c1C(F)(F)F. The van der Waals surface area contributed by atoms with Crippen LogP contribution in [0.25, 0.3) is 11.3 Å². The second kappa shape index (κ2) is 3.80. The lowest BCUT2D eigenvalue weighted by atomic mass is 10.1. The van der Waals surface area contributed by atoms with Crippen LogP contribution in [-0.4, -0.2) is 5.11 Å². The van der Waals surface area contributed by atoms with Gasteiger partial charge in [-0.3, -0.25) is 0 Å². The first-order valence-electron chi connectivity index (χ1n) is 4.54. The Balaban J connectivity index is 2.66. The number of phenolic OH excluding ortho intramolecular Hbond substituents is 1. The van der Waals surface area contributed by atoms with Gasteiger partial charge in [0, 0.05) is 0 Å². The fourth-order valence-electron chi connectivity index (χ4n) is 1.47. The maximum absolute atomic E-state index is 13.1. The van der Waals surface area contributed by atoms with Crippen molar-refractivity contribution in [1.82, 2.24) is 0 Å². The molecule has 1 heterocycles. The molecular weight excluding hydrogens is 240 g/mol. The summed E-state index contributed by atoms with van der Waals surface area (Å²) in [5.74, 6) is -2.66. The van der Waals surface area contributed by atoms with Gasteiger partial charge in [0.1, 0.15) is 22.9 Å². The highest BCUT2D eigenvalue weighted by Gasteiger charge is 2.38. The maximum atomic E-state index is 13.1. The van der Waals surface area contributed by atoms with Crippen molar-refractivity contribution in [3.63, 3.8) is 0 Å². The monoisotopic (exact) mass is 246 g/mol. The number of hydrogen-bond acceptors (Lipinski definition) is 2. The number of furan rings is 1. The molecule has 0 amide bonds. The largest absolute Gasteiger partial charge is 0.506 e. The third kappa shape index (κ3) is 1.98. The van der Waals surface area contributed by atoms with Crippen molar-refractivity contribution in [3.05, 3.63) is 41.9 Å². The number of aromatic hydroxyl groups is 1.